The number of nitrogens with zero attached hydrogens (tertiary/aromatic N) is 3. The third-order valence-electron chi connectivity index (χ3n) is 9.14. The van der Waals surface area contributed by atoms with Crippen molar-refractivity contribution in [2.24, 2.45) is 0 Å². The first-order valence-corrected chi connectivity index (χ1v) is 16.5. The molecule has 0 bridgehead atoms. The van der Waals surface area contributed by atoms with Crippen molar-refractivity contribution in [2.45, 2.75) is 0 Å². The Morgan fingerprint density at radius 2 is 0.760 bits per heavy atom. The van der Waals surface area contributed by atoms with Crippen LogP contribution in [0.1, 0.15) is 0 Å². The molecule has 0 N–H and O–H groups in total. The zero-order valence-corrected chi connectivity index (χ0v) is 26.7. The first kappa shape index (κ1) is 28.1. The molecule has 0 radical (unpaired) electrons. The topological polar surface area (TPSA) is 70.1 Å². The molecule has 6 heteroatoms. The SMILES string of the molecule is c1ccc2oc(-c3ccc(-c4nc(-c5ccc(-c6cc7ccccc7o6)cc5)n(-c5ccc(-c6cc7ccccc7o6)cc5)n4)cc3)cc2c1. The van der Waals surface area contributed by atoms with E-state index in [9.17, 15) is 0 Å². The van der Waals surface area contributed by atoms with E-state index in [-0.39, 0.29) is 0 Å². The highest BCUT2D eigenvalue weighted by molar-refractivity contribution is 5.85. The number of furan rings is 3. The molecular formula is C44H27N3O3. The number of aromatic nitrogens is 3. The Bertz CT molecular complexity index is 2560. The largest absolute Gasteiger partial charge is 0.456 e. The molecule has 0 fully saturated rings. The summed E-state index contributed by atoms with van der Waals surface area (Å²) < 4.78 is 20.3. The van der Waals surface area contributed by atoms with E-state index in [1.54, 1.807) is 0 Å². The molecule has 0 saturated carbocycles. The molecule has 6 nitrogen and oxygen atoms in total. The lowest BCUT2D eigenvalue weighted by Gasteiger charge is -2.07. The Kier molecular flexibility index (Phi) is 6.39. The predicted molar refractivity (Wildman–Crippen MR) is 198 cm³/mol. The third kappa shape index (κ3) is 4.90. The van der Waals surface area contributed by atoms with Crippen LogP contribution in [0.15, 0.2) is 177 Å². The summed E-state index contributed by atoms with van der Waals surface area (Å²) in [5.41, 5.74) is 8.31. The molecule has 236 valence electrons. The third-order valence-corrected chi connectivity index (χ3v) is 9.14. The zero-order chi connectivity index (χ0) is 33.0. The van der Waals surface area contributed by atoms with E-state index in [1.165, 1.54) is 0 Å². The van der Waals surface area contributed by atoms with E-state index in [4.69, 9.17) is 23.3 Å². The number of rotatable bonds is 6. The smallest absolute Gasteiger partial charge is 0.182 e. The number of hydrogen-bond acceptors (Lipinski definition) is 5. The first-order chi connectivity index (χ1) is 24.7. The number of benzene rings is 6. The van der Waals surface area contributed by atoms with E-state index >= 15 is 0 Å². The normalized spacial score (nSPS) is 11.6. The van der Waals surface area contributed by atoms with Crippen molar-refractivity contribution in [3.8, 4) is 62.4 Å². The van der Waals surface area contributed by atoms with Crippen LogP contribution in [0, 0.1) is 0 Å². The lowest BCUT2D eigenvalue weighted by Crippen LogP contribution is -1.99. The molecule has 0 spiro atoms. The summed E-state index contributed by atoms with van der Waals surface area (Å²) in [5, 5.41) is 8.28. The highest BCUT2D eigenvalue weighted by Gasteiger charge is 2.17. The Morgan fingerprint density at radius 3 is 1.20 bits per heavy atom. The monoisotopic (exact) mass is 645 g/mol. The van der Waals surface area contributed by atoms with Gasteiger partial charge in [-0.1, -0.05) is 103 Å². The number of fused-ring (bicyclic) bond motifs is 3. The zero-order valence-electron chi connectivity index (χ0n) is 26.7. The summed E-state index contributed by atoms with van der Waals surface area (Å²) in [6, 6.07) is 55.0. The Hall–Kier alpha value is -6.92. The van der Waals surface area contributed by atoms with Crippen molar-refractivity contribution in [3.05, 3.63) is 164 Å². The maximum atomic E-state index is 6.13. The van der Waals surface area contributed by atoms with Gasteiger partial charge in [-0.25, -0.2) is 9.67 Å². The summed E-state index contributed by atoms with van der Waals surface area (Å²) in [4.78, 5) is 5.10. The molecule has 0 unspecified atom stereocenters. The molecule has 4 heterocycles. The van der Waals surface area contributed by atoms with Gasteiger partial charge in [0.2, 0.25) is 0 Å². The van der Waals surface area contributed by atoms with E-state index in [0.717, 1.165) is 89.5 Å². The van der Waals surface area contributed by atoms with Crippen LogP contribution in [-0.4, -0.2) is 14.8 Å². The summed E-state index contributed by atoms with van der Waals surface area (Å²) >= 11 is 0. The second-order valence-electron chi connectivity index (χ2n) is 12.3. The molecule has 0 atom stereocenters. The molecule has 0 aliphatic heterocycles. The van der Waals surface area contributed by atoms with E-state index in [2.05, 4.69) is 97.1 Å². The second-order valence-corrected chi connectivity index (χ2v) is 12.3. The van der Waals surface area contributed by atoms with E-state index in [1.807, 2.05) is 71.4 Å². The fraction of sp³-hybridized carbons (Fsp3) is 0. The van der Waals surface area contributed by atoms with E-state index in [0.29, 0.717) is 5.82 Å². The highest BCUT2D eigenvalue weighted by atomic mass is 16.3. The molecule has 4 aromatic heterocycles. The maximum absolute atomic E-state index is 6.13. The van der Waals surface area contributed by atoms with Gasteiger partial charge in [0.15, 0.2) is 11.6 Å². The highest BCUT2D eigenvalue weighted by Crippen LogP contribution is 2.34. The second kappa shape index (κ2) is 11.4. The number of para-hydroxylation sites is 3. The average molecular weight is 646 g/mol. The van der Waals surface area contributed by atoms with Crippen LogP contribution in [0.25, 0.3) is 95.3 Å². The van der Waals surface area contributed by atoms with Crippen molar-refractivity contribution >= 4 is 32.9 Å². The van der Waals surface area contributed by atoms with Gasteiger partial charge in [0.05, 0.1) is 5.69 Å². The minimum Gasteiger partial charge on any atom is -0.456 e. The fourth-order valence-electron chi connectivity index (χ4n) is 6.51. The van der Waals surface area contributed by atoms with Crippen LogP contribution in [0.5, 0.6) is 0 Å². The molecule has 50 heavy (non-hydrogen) atoms. The summed E-state index contributed by atoms with van der Waals surface area (Å²) in [5.74, 6) is 3.83. The molecule has 0 aliphatic rings. The predicted octanol–water partition coefficient (Wildman–Crippen LogP) is 11.8. The molecule has 0 saturated heterocycles. The Balaban J connectivity index is 1.03. The van der Waals surface area contributed by atoms with Crippen molar-refractivity contribution in [3.63, 3.8) is 0 Å². The standard InChI is InChI=1S/C44H27N3O3/c1-4-10-37-33(7-1)25-40(48-37)28-13-17-31(18-14-28)43-45-44(32-19-15-29(16-20-32)41-26-34-8-2-5-11-38(34)49-41)47(46-43)36-23-21-30(22-24-36)42-27-35-9-3-6-12-39(35)50-42/h1-27H. The van der Waals surface area contributed by atoms with Crippen LogP contribution in [0.2, 0.25) is 0 Å². The lowest BCUT2D eigenvalue weighted by molar-refractivity contribution is 0.631. The van der Waals surface area contributed by atoms with Gasteiger partial charge in [-0.3, -0.25) is 0 Å². The summed E-state index contributed by atoms with van der Waals surface area (Å²) in [6.07, 6.45) is 0. The Morgan fingerprint density at radius 1 is 0.380 bits per heavy atom. The molecule has 0 aliphatic carbocycles. The van der Waals surface area contributed by atoms with Gasteiger partial charge in [0.1, 0.15) is 34.0 Å². The minimum atomic E-state index is 0.624. The fourth-order valence-corrected chi connectivity index (χ4v) is 6.51. The van der Waals surface area contributed by atoms with Gasteiger partial charge in [0, 0.05) is 44.0 Å². The summed E-state index contributed by atoms with van der Waals surface area (Å²) in [7, 11) is 0. The average Bonchev–Trinajstić information content (AvgIpc) is 3.99. The quantitative estimate of drug-likeness (QED) is 0.180. The molecule has 10 aromatic rings. The van der Waals surface area contributed by atoms with Gasteiger partial charge in [-0.15, -0.1) is 5.10 Å². The van der Waals surface area contributed by atoms with Gasteiger partial charge >= 0.3 is 0 Å². The maximum Gasteiger partial charge on any atom is 0.182 e. The van der Waals surface area contributed by atoms with Gasteiger partial charge in [0.25, 0.3) is 0 Å². The molecule has 10 rings (SSSR count). The van der Waals surface area contributed by atoms with Crippen LogP contribution in [0.4, 0.5) is 0 Å². The first-order valence-electron chi connectivity index (χ1n) is 16.5. The summed E-state index contributed by atoms with van der Waals surface area (Å²) in [6.45, 7) is 0. The van der Waals surface area contributed by atoms with E-state index < -0.39 is 0 Å². The van der Waals surface area contributed by atoms with Crippen LogP contribution in [0.3, 0.4) is 0 Å². The van der Waals surface area contributed by atoms with Gasteiger partial charge < -0.3 is 13.3 Å². The minimum absolute atomic E-state index is 0.624. The van der Waals surface area contributed by atoms with Crippen molar-refractivity contribution < 1.29 is 13.3 Å². The van der Waals surface area contributed by atoms with Crippen molar-refractivity contribution in [2.75, 3.05) is 0 Å². The molecular weight excluding hydrogens is 619 g/mol. The number of hydrogen-bond donors (Lipinski definition) is 0. The van der Waals surface area contributed by atoms with Crippen molar-refractivity contribution in [1.29, 1.82) is 0 Å². The molecule has 6 aromatic carbocycles. The van der Waals surface area contributed by atoms with Crippen molar-refractivity contribution in [1.82, 2.24) is 14.8 Å². The van der Waals surface area contributed by atoms with Gasteiger partial charge in [-0.2, -0.15) is 0 Å². The van der Waals surface area contributed by atoms with Crippen LogP contribution >= 0.6 is 0 Å². The van der Waals surface area contributed by atoms with Gasteiger partial charge in [-0.05, 0) is 60.7 Å². The van der Waals surface area contributed by atoms with Crippen LogP contribution < -0.4 is 0 Å². The molecule has 0 amide bonds. The Labute approximate surface area is 286 Å². The van der Waals surface area contributed by atoms with Crippen LogP contribution in [-0.2, 0) is 0 Å². The lowest BCUT2D eigenvalue weighted by atomic mass is 10.1.